The van der Waals surface area contributed by atoms with Gasteiger partial charge in [-0.2, -0.15) is 0 Å². The zero-order chi connectivity index (χ0) is 18.8. The lowest BCUT2D eigenvalue weighted by Gasteiger charge is -2.29. The van der Waals surface area contributed by atoms with Gasteiger partial charge in [0.15, 0.2) is 0 Å². The highest BCUT2D eigenvalue weighted by atomic mass is 35.5. The van der Waals surface area contributed by atoms with Crippen LogP contribution in [0.1, 0.15) is 22.8 Å². The summed E-state index contributed by atoms with van der Waals surface area (Å²) in [5.74, 6) is 0.788. The summed E-state index contributed by atoms with van der Waals surface area (Å²) in [6.45, 7) is 2.00. The third-order valence-electron chi connectivity index (χ3n) is 4.92. The fourth-order valence-corrected chi connectivity index (χ4v) is 3.68. The van der Waals surface area contributed by atoms with Crippen LogP contribution in [-0.4, -0.2) is 23.6 Å². The summed E-state index contributed by atoms with van der Waals surface area (Å²) < 4.78 is 5.95. The molecule has 4 rings (SSSR count). The van der Waals surface area contributed by atoms with Gasteiger partial charge >= 0.3 is 0 Å². The number of β-amino-alcohol motifs (C(OH)–C–C–N with tert-alkyl or cyclic N) is 1. The standard InChI is InChI=1S/C23H22ClNO2/c1-25-13-19-9-10-21(12-22(19)23(26)14-25)27-15-16-5-7-17(8-6-16)18-3-2-4-20(24)11-18/h2-12,23,26H,13-15H2,1H3/t23-/m0/s1. The molecule has 1 aliphatic heterocycles. The molecule has 27 heavy (non-hydrogen) atoms. The number of rotatable bonds is 4. The average molecular weight is 380 g/mol. The van der Waals surface area contributed by atoms with Crippen LogP contribution in [0.15, 0.2) is 66.7 Å². The van der Waals surface area contributed by atoms with Crippen molar-refractivity contribution in [2.45, 2.75) is 19.3 Å². The van der Waals surface area contributed by atoms with Crippen LogP contribution in [0.3, 0.4) is 0 Å². The van der Waals surface area contributed by atoms with Crippen LogP contribution in [0.2, 0.25) is 5.02 Å². The maximum Gasteiger partial charge on any atom is 0.120 e. The number of benzene rings is 3. The molecule has 3 aromatic rings. The first-order chi connectivity index (χ1) is 13.1. The van der Waals surface area contributed by atoms with Crippen molar-refractivity contribution in [2.75, 3.05) is 13.6 Å². The monoisotopic (exact) mass is 379 g/mol. The van der Waals surface area contributed by atoms with Crippen molar-refractivity contribution in [3.8, 4) is 16.9 Å². The predicted molar refractivity (Wildman–Crippen MR) is 109 cm³/mol. The van der Waals surface area contributed by atoms with E-state index in [0.717, 1.165) is 45.1 Å². The lowest BCUT2D eigenvalue weighted by atomic mass is 9.97. The topological polar surface area (TPSA) is 32.7 Å². The Bertz CT molecular complexity index is 939. The fraction of sp³-hybridized carbons (Fsp3) is 0.217. The molecule has 4 heteroatoms. The van der Waals surface area contributed by atoms with E-state index in [1.165, 1.54) is 0 Å². The smallest absolute Gasteiger partial charge is 0.120 e. The first-order valence-electron chi connectivity index (χ1n) is 9.05. The van der Waals surface area contributed by atoms with Crippen molar-refractivity contribution < 1.29 is 9.84 Å². The molecule has 0 aromatic heterocycles. The Morgan fingerprint density at radius 1 is 1.04 bits per heavy atom. The Morgan fingerprint density at radius 2 is 1.85 bits per heavy atom. The third kappa shape index (κ3) is 4.16. The maximum absolute atomic E-state index is 10.3. The summed E-state index contributed by atoms with van der Waals surface area (Å²) in [7, 11) is 2.02. The molecule has 1 atom stereocenters. The van der Waals surface area contributed by atoms with Gasteiger partial charge in [0.2, 0.25) is 0 Å². The van der Waals surface area contributed by atoms with Gasteiger partial charge in [-0.3, -0.25) is 4.90 Å². The highest BCUT2D eigenvalue weighted by Gasteiger charge is 2.21. The molecule has 0 fully saturated rings. The molecule has 0 aliphatic carbocycles. The van der Waals surface area contributed by atoms with Crippen molar-refractivity contribution in [3.63, 3.8) is 0 Å². The van der Waals surface area contributed by atoms with Crippen molar-refractivity contribution in [1.82, 2.24) is 4.90 Å². The first kappa shape index (κ1) is 18.1. The Kier molecular flexibility index (Phi) is 5.17. The van der Waals surface area contributed by atoms with Crippen LogP contribution in [0.5, 0.6) is 5.75 Å². The number of aliphatic hydroxyl groups is 1. The quantitative estimate of drug-likeness (QED) is 0.687. The molecule has 3 nitrogen and oxygen atoms in total. The van der Waals surface area contributed by atoms with Crippen LogP contribution < -0.4 is 4.74 Å². The molecule has 3 aromatic carbocycles. The van der Waals surface area contributed by atoms with Crippen molar-refractivity contribution >= 4 is 11.6 Å². The van der Waals surface area contributed by atoms with Gasteiger partial charge in [-0.05, 0) is 59.1 Å². The Balaban J connectivity index is 1.44. The second-order valence-electron chi connectivity index (χ2n) is 7.07. The van der Waals surface area contributed by atoms with Crippen molar-refractivity contribution in [1.29, 1.82) is 0 Å². The van der Waals surface area contributed by atoms with E-state index in [4.69, 9.17) is 16.3 Å². The molecule has 0 amide bonds. The number of likely N-dealkylation sites (N-methyl/N-ethyl adjacent to an activating group) is 1. The molecule has 0 unspecified atom stereocenters. The second-order valence-corrected chi connectivity index (χ2v) is 7.51. The van der Waals surface area contributed by atoms with E-state index < -0.39 is 6.10 Å². The SMILES string of the molecule is CN1Cc2ccc(OCc3ccc(-c4cccc(Cl)c4)cc3)cc2[C@@H](O)C1. The van der Waals surface area contributed by atoms with E-state index in [0.29, 0.717) is 13.2 Å². The zero-order valence-corrected chi connectivity index (χ0v) is 16.0. The molecule has 138 valence electrons. The largest absolute Gasteiger partial charge is 0.489 e. The fourth-order valence-electron chi connectivity index (χ4n) is 3.49. The number of ether oxygens (including phenoxy) is 1. The molecule has 1 heterocycles. The lowest BCUT2D eigenvalue weighted by Crippen LogP contribution is -2.30. The van der Waals surface area contributed by atoms with Gasteiger partial charge in [0.25, 0.3) is 0 Å². The van der Waals surface area contributed by atoms with Gasteiger partial charge in [-0.1, -0.05) is 54.1 Å². The highest BCUT2D eigenvalue weighted by molar-refractivity contribution is 6.30. The van der Waals surface area contributed by atoms with Crippen LogP contribution in [0.25, 0.3) is 11.1 Å². The van der Waals surface area contributed by atoms with E-state index in [9.17, 15) is 5.11 Å². The molecule has 0 radical (unpaired) electrons. The molecule has 0 bridgehead atoms. The van der Waals surface area contributed by atoms with Crippen molar-refractivity contribution in [2.24, 2.45) is 0 Å². The summed E-state index contributed by atoms with van der Waals surface area (Å²) >= 11 is 6.07. The first-order valence-corrected chi connectivity index (χ1v) is 9.43. The van der Waals surface area contributed by atoms with Crippen LogP contribution in [0, 0.1) is 0 Å². The van der Waals surface area contributed by atoms with E-state index in [-0.39, 0.29) is 0 Å². The van der Waals surface area contributed by atoms with E-state index in [1.54, 1.807) is 0 Å². The van der Waals surface area contributed by atoms with E-state index in [2.05, 4.69) is 29.2 Å². The summed E-state index contributed by atoms with van der Waals surface area (Å²) in [6, 6.07) is 22.1. The second kappa shape index (κ2) is 7.73. The predicted octanol–water partition coefficient (Wildman–Crippen LogP) is 5.06. The van der Waals surface area contributed by atoms with E-state index in [1.807, 2.05) is 49.5 Å². The molecule has 0 saturated carbocycles. The Hall–Kier alpha value is -2.33. The Morgan fingerprint density at radius 3 is 2.63 bits per heavy atom. The summed E-state index contributed by atoms with van der Waals surface area (Å²) in [4.78, 5) is 2.12. The molecular weight excluding hydrogens is 358 g/mol. The average Bonchev–Trinajstić information content (AvgIpc) is 2.67. The van der Waals surface area contributed by atoms with Gasteiger partial charge in [-0.15, -0.1) is 0 Å². The van der Waals surface area contributed by atoms with Crippen LogP contribution in [-0.2, 0) is 13.2 Å². The van der Waals surface area contributed by atoms with Gasteiger partial charge in [0.1, 0.15) is 12.4 Å². The summed E-state index contributed by atoms with van der Waals surface area (Å²) in [6.07, 6.45) is -0.459. The minimum Gasteiger partial charge on any atom is -0.489 e. The zero-order valence-electron chi connectivity index (χ0n) is 15.2. The number of aliphatic hydroxyl groups excluding tert-OH is 1. The highest BCUT2D eigenvalue weighted by Crippen LogP contribution is 2.29. The van der Waals surface area contributed by atoms with Crippen LogP contribution >= 0.6 is 11.6 Å². The molecule has 0 spiro atoms. The van der Waals surface area contributed by atoms with Gasteiger partial charge in [0.05, 0.1) is 6.10 Å². The number of halogens is 1. The van der Waals surface area contributed by atoms with Gasteiger partial charge < -0.3 is 9.84 Å². The van der Waals surface area contributed by atoms with Gasteiger partial charge in [-0.25, -0.2) is 0 Å². The third-order valence-corrected chi connectivity index (χ3v) is 5.15. The summed E-state index contributed by atoms with van der Waals surface area (Å²) in [5, 5.41) is 11.0. The molecule has 1 N–H and O–H groups in total. The normalized spacial score (nSPS) is 16.8. The number of fused-ring (bicyclic) bond motifs is 1. The number of hydrogen-bond acceptors (Lipinski definition) is 3. The van der Waals surface area contributed by atoms with Gasteiger partial charge in [0, 0.05) is 18.1 Å². The minimum atomic E-state index is -0.459. The molecule has 1 aliphatic rings. The molecular formula is C23H22ClNO2. The maximum atomic E-state index is 10.3. The Labute approximate surface area is 164 Å². The summed E-state index contributed by atoms with van der Waals surface area (Å²) in [5.41, 5.74) is 5.46. The lowest BCUT2D eigenvalue weighted by molar-refractivity contribution is 0.107. The van der Waals surface area contributed by atoms with Crippen molar-refractivity contribution in [3.05, 3.63) is 88.4 Å². The number of nitrogens with zero attached hydrogens (tertiary/aromatic N) is 1. The minimum absolute atomic E-state index is 0.459. The van der Waals surface area contributed by atoms with Crippen LogP contribution in [0.4, 0.5) is 0 Å². The number of hydrogen-bond donors (Lipinski definition) is 1. The molecule has 0 saturated heterocycles. The van der Waals surface area contributed by atoms with E-state index >= 15 is 0 Å².